The van der Waals surface area contributed by atoms with Gasteiger partial charge in [0.05, 0.1) is 19.6 Å². The molecule has 3 rings (SSSR count). The molecule has 3 aromatic rings. The van der Waals surface area contributed by atoms with E-state index in [1.807, 2.05) is 36.4 Å². The molecule has 1 heterocycles. The Kier molecular flexibility index (Phi) is 7.17. The predicted octanol–water partition coefficient (Wildman–Crippen LogP) is 1.78. The van der Waals surface area contributed by atoms with Crippen LogP contribution in [0.5, 0.6) is 0 Å². The van der Waals surface area contributed by atoms with Crippen LogP contribution >= 0.6 is 0 Å². The molecule has 0 atom stereocenters. The summed E-state index contributed by atoms with van der Waals surface area (Å²) in [5.74, 6) is -0.465. The standard InChI is InChI=1S/C24H24N4O4/c1-3-15-25-22(30)26(16-4-2)24(32)28(23(25)31)18-21(29)27(20-13-9-6-10-14-20)17-19-11-7-5-8-12-19/h3-14H,1-2,15-18H2. The van der Waals surface area contributed by atoms with Gasteiger partial charge in [-0.3, -0.25) is 4.79 Å². The average Bonchev–Trinajstić information content (AvgIpc) is 2.82. The minimum atomic E-state index is -0.860. The Morgan fingerprint density at radius 3 is 1.72 bits per heavy atom. The van der Waals surface area contributed by atoms with Crippen LogP contribution in [0.25, 0.3) is 0 Å². The second-order valence-corrected chi connectivity index (χ2v) is 7.03. The van der Waals surface area contributed by atoms with Gasteiger partial charge in [0.1, 0.15) is 6.54 Å². The zero-order valence-corrected chi connectivity index (χ0v) is 17.6. The third-order valence-corrected chi connectivity index (χ3v) is 4.85. The van der Waals surface area contributed by atoms with Crippen molar-refractivity contribution in [1.29, 1.82) is 0 Å². The Hall–Kier alpha value is -4.20. The van der Waals surface area contributed by atoms with Gasteiger partial charge in [0.15, 0.2) is 0 Å². The number of hydrogen-bond acceptors (Lipinski definition) is 4. The molecule has 0 unspecified atom stereocenters. The molecule has 0 saturated carbocycles. The number of allylic oxidation sites excluding steroid dienone is 2. The molecule has 0 radical (unpaired) electrons. The third kappa shape index (κ3) is 4.75. The Balaban J connectivity index is 2.06. The molecule has 0 bridgehead atoms. The van der Waals surface area contributed by atoms with Gasteiger partial charge in [-0.05, 0) is 17.7 Å². The Morgan fingerprint density at radius 1 is 0.750 bits per heavy atom. The molecule has 8 heteroatoms. The molecule has 0 aliphatic rings. The first-order chi connectivity index (χ1) is 15.5. The smallest absolute Gasteiger partial charge is 0.306 e. The predicted molar refractivity (Wildman–Crippen MR) is 124 cm³/mol. The van der Waals surface area contributed by atoms with Crippen LogP contribution in [0.2, 0.25) is 0 Å². The van der Waals surface area contributed by atoms with Gasteiger partial charge in [-0.25, -0.2) is 28.1 Å². The molecule has 1 amide bonds. The summed E-state index contributed by atoms with van der Waals surface area (Å²) in [6.45, 7) is 6.66. The monoisotopic (exact) mass is 432 g/mol. The molecule has 0 aliphatic heterocycles. The Labute approximate surface area is 184 Å². The maximum Gasteiger partial charge on any atom is 0.337 e. The number of para-hydroxylation sites is 1. The van der Waals surface area contributed by atoms with E-state index in [2.05, 4.69) is 13.2 Å². The molecule has 0 saturated heterocycles. The Morgan fingerprint density at radius 2 is 1.22 bits per heavy atom. The van der Waals surface area contributed by atoms with Gasteiger partial charge in [-0.1, -0.05) is 60.7 Å². The number of rotatable bonds is 9. The summed E-state index contributed by atoms with van der Waals surface area (Å²) in [6, 6.07) is 18.4. The summed E-state index contributed by atoms with van der Waals surface area (Å²) < 4.78 is 2.52. The van der Waals surface area contributed by atoms with Crippen molar-refractivity contribution in [3.05, 3.63) is 123 Å². The van der Waals surface area contributed by atoms with Crippen molar-refractivity contribution in [2.45, 2.75) is 26.2 Å². The summed E-state index contributed by atoms with van der Waals surface area (Å²) in [4.78, 5) is 53.1. The van der Waals surface area contributed by atoms with Crippen molar-refractivity contribution in [2.24, 2.45) is 0 Å². The van der Waals surface area contributed by atoms with Crippen LogP contribution in [0.3, 0.4) is 0 Å². The molecular weight excluding hydrogens is 408 g/mol. The third-order valence-electron chi connectivity index (χ3n) is 4.85. The van der Waals surface area contributed by atoms with E-state index >= 15 is 0 Å². The molecule has 0 aliphatic carbocycles. The lowest BCUT2D eigenvalue weighted by molar-refractivity contribution is -0.119. The zero-order valence-electron chi connectivity index (χ0n) is 17.6. The zero-order chi connectivity index (χ0) is 23.1. The number of benzene rings is 2. The van der Waals surface area contributed by atoms with Crippen LogP contribution in [-0.2, 0) is 31.0 Å². The first kappa shape index (κ1) is 22.5. The number of amides is 1. The summed E-state index contributed by atoms with van der Waals surface area (Å²) >= 11 is 0. The van der Waals surface area contributed by atoms with Gasteiger partial charge in [-0.2, -0.15) is 0 Å². The van der Waals surface area contributed by atoms with E-state index in [9.17, 15) is 19.2 Å². The molecular formula is C24H24N4O4. The van der Waals surface area contributed by atoms with Gasteiger partial charge in [0, 0.05) is 5.69 Å². The molecule has 0 spiro atoms. The van der Waals surface area contributed by atoms with E-state index in [-0.39, 0.29) is 19.6 Å². The number of hydrogen-bond donors (Lipinski definition) is 0. The summed E-state index contributed by atoms with van der Waals surface area (Å²) in [5.41, 5.74) is -0.978. The highest BCUT2D eigenvalue weighted by Crippen LogP contribution is 2.17. The maximum absolute atomic E-state index is 13.3. The first-order valence-corrected chi connectivity index (χ1v) is 10.0. The van der Waals surface area contributed by atoms with Gasteiger partial charge >= 0.3 is 17.1 Å². The highest BCUT2D eigenvalue weighted by Gasteiger charge is 2.21. The van der Waals surface area contributed by atoms with Crippen LogP contribution in [0, 0.1) is 0 Å². The molecule has 1 aromatic heterocycles. The minimum Gasteiger partial charge on any atom is -0.306 e. The largest absolute Gasteiger partial charge is 0.337 e. The number of carbonyl (C=O) groups excluding carboxylic acids is 1. The lowest BCUT2D eigenvalue weighted by Gasteiger charge is -2.23. The Bertz CT molecular complexity index is 1240. The number of aromatic nitrogens is 3. The van der Waals surface area contributed by atoms with Crippen molar-refractivity contribution in [3.63, 3.8) is 0 Å². The van der Waals surface area contributed by atoms with Crippen LogP contribution < -0.4 is 22.0 Å². The van der Waals surface area contributed by atoms with Crippen molar-refractivity contribution in [2.75, 3.05) is 4.90 Å². The van der Waals surface area contributed by atoms with Gasteiger partial charge < -0.3 is 4.90 Å². The van der Waals surface area contributed by atoms with Crippen LogP contribution in [0.15, 0.2) is 100 Å². The van der Waals surface area contributed by atoms with Crippen LogP contribution in [0.4, 0.5) is 5.69 Å². The summed E-state index contributed by atoms with van der Waals surface area (Å²) in [6.07, 6.45) is 2.76. The SMILES string of the molecule is C=CCn1c(=O)n(CC=C)c(=O)n(CC(=O)N(Cc2ccccc2)c2ccccc2)c1=O. The molecule has 0 fully saturated rings. The fourth-order valence-electron chi connectivity index (χ4n) is 3.31. The molecule has 164 valence electrons. The van der Waals surface area contributed by atoms with Crippen LogP contribution in [-0.4, -0.2) is 19.6 Å². The summed E-state index contributed by atoms with van der Waals surface area (Å²) in [7, 11) is 0. The number of carbonyl (C=O) groups is 1. The normalized spacial score (nSPS) is 10.5. The van der Waals surface area contributed by atoms with E-state index in [0.717, 1.165) is 19.3 Å². The molecule has 8 nitrogen and oxygen atoms in total. The maximum atomic E-state index is 13.3. The van der Waals surface area contributed by atoms with Gasteiger partial charge in [0.25, 0.3) is 0 Å². The highest BCUT2D eigenvalue weighted by atomic mass is 16.2. The average molecular weight is 432 g/mol. The van der Waals surface area contributed by atoms with E-state index in [0.29, 0.717) is 5.69 Å². The fraction of sp³-hybridized carbons (Fsp3) is 0.167. The van der Waals surface area contributed by atoms with Crippen molar-refractivity contribution in [3.8, 4) is 0 Å². The lowest BCUT2D eigenvalue weighted by atomic mass is 10.2. The van der Waals surface area contributed by atoms with Crippen molar-refractivity contribution in [1.82, 2.24) is 13.7 Å². The topological polar surface area (TPSA) is 86.3 Å². The molecule has 2 aromatic carbocycles. The number of nitrogens with zero attached hydrogens (tertiary/aromatic N) is 4. The second kappa shape index (κ2) is 10.2. The van der Waals surface area contributed by atoms with Crippen molar-refractivity contribution >= 4 is 11.6 Å². The van der Waals surface area contributed by atoms with E-state index in [1.54, 1.807) is 24.3 Å². The van der Waals surface area contributed by atoms with E-state index in [4.69, 9.17) is 0 Å². The minimum absolute atomic E-state index is 0.0876. The highest BCUT2D eigenvalue weighted by molar-refractivity contribution is 5.93. The quantitative estimate of drug-likeness (QED) is 0.483. The van der Waals surface area contributed by atoms with Gasteiger partial charge in [0.2, 0.25) is 5.91 Å². The fourth-order valence-corrected chi connectivity index (χ4v) is 3.31. The van der Waals surface area contributed by atoms with Crippen LogP contribution in [0.1, 0.15) is 5.56 Å². The molecule has 0 N–H and O–H groups in total. The van der Waals surface area contributed by atoms with Crippen molar-refractivity contribution < 1.29 is 4.79 Å². The number of anilines is 1. The summed E-state index contributed by atoms with van der Waals surface area (Å²) in [5, 5.41) is 0. The lowest BCUT2D eigenvalue weighted by Crippen LogP contribution is -2.55. The van der Waals surface area contributed by atoms with E-state index in [1.165, 1.54) is 17.1 Å². The van der Waals surface area contributed by atoms with Gasteiger partial charge in [-0.15, -0.1) is 13.2 Å². The second-order valence-electron chi connectivity index (χ2n) is 7.03. The first-order valence-electron chi connectivity index (χ1n) is 10.0. The van der Waals surface area contributed by atoms with E-state index < -0.39 is 29.5 Å². The molecule has 32 heavy (non-hydrogen) atoms.